The summed E-state index contributed by atoms with van der Waals surface area (Å²) in [5, 5.41) is 4.78. The number of hydrogen-bond donors (Lipinski definition) is 2. The van der Waals surface area contributed by atoms with Crippen LogP contribution in [0, 0.1) is 0 Å². The molecule has 2 amide bonds. The highest BCUT2D eigenvalue weighted by molar-refractivity contribution is 6.39. The molecule has 0 bridgehead atoms. The number of allylic oxidation sites excluding steroid dienone is 1. The molecule has 0 saturated carbocycles. The molecule has 2 N–H and O–H groups in total. The molecule has 5 nitrogen and oxygen atoms in total. The molecule has 1 atom stereocenters. The summed E-state index contributed by atoms with van der Waals surface area (Å²) >= 11 is 0. The lowest BCUT2D eigenvalue weighted by molar-refractivity contribution is -0.141. The second kappa shape index (κ2) is 6.59. The molecular weight excluding hydrogens is 299 g/mol. The standard InChI is InChI=1S/C14H14F3N3O2/c15-14(16,17)11-7-6-10(8-18-11)20-13(22)12(21)19-9-4-2-1-3-5-9/h1-2,6-9H,3-5H2,(H,19,21)(H,20,22). The minimum Gasteiger partial charge on any atom is -0.345 e. The van der Waals surface area contributed by atoms with Crippen molar-refractivity contribution in [1.82, 2.24) is 10.3 Å². The van der Waals surface area contributed by atoms with Gasteiger partial charge in [-0.25, -0.2) is 4.98 Å². The molecule has 1 unspecified atom stereocenters. The highest BCUT2D eigenvalue weighted by Crippen LogP contribution is 2.27. The van der Waals surface area contributed by atoms with E-state index in [1.807, 2.05) is 12.2 Å². The third-order valence-electron chi connectivity index (χ3n) is 3.12. The van der Waals surface area contributed by atoms with Gasteiger partial charge in [0.2, 0.25) is 0 Å². The second-order valence-electron chi connectivity index (χ2n) is 4.84. The Balaban J connectivity index is 1.90. The van der Waals surface area contributed by atoms with Crippen molar-refractivity contribution in [3.05, 3.63) is 36.2 Å². The zero-order valence-corrected chi connectivity index (χ0v) is 11.5. The van der Waals surface area contributed by atoms with E-state index in [2.05, 4.69) is 15.6 Å². The van der Waals surface area contributed by atoms with Gasteiger partial charge in [0.25, 0.3) is 0 Å². The summed E-state index contributed by atoms with van der Waals surface area (Å²) < 4.78 is 37.1. The van der Waals surface area contributed by atoms with E-state index in [0.717, 1.165) is 31.2 Å². The van der Waals surface area contributed by atoms with Gasteiger partial charge in [0.1, 0.15) is 5.69 Å². The van der Waals surface area contributed by atoms with Crippen LogP contribution in [0.2, 0.25) is 0 Å². The molecule has 8 heteroatoms. The molecule has 2 rings (SSSR count). The van der Waals surface area contributed by atoms with Crippen molar-refractivity contribution < 1.29 is 22.8 Å². The highest BCUT2D eigenvalue weighted by Gasteiger charge is 2.32. The van der Waals surface area contributed by atoms with E-state index in [0.29, 0.717) is 6.42 Å². The van der Waals surface area contributed by atoms with Gasteiger partial charge in [0.15, 0.2) is 0 Å². The van der Waals surface area contributed by atoms with E-state index >= 15 is 0 Å². The molecule has 1 heterocycles. The first-order valence-corrected chi connectivity index (χ1v) is 6.66. The van der Waals surface area contributed by atoms with Crippen LogP contribution in [-0.4, -0.2) is 22.8 Å². The summed E-state index contributed by atoms with van der Waals surface area (Å²) in [6.45, 7) is 0. The Hall–Kier alpha value is -2.38. The first-order chi connectivity index (χ1) is 10.4. The van der Waals surface area contributed by atoms with E-state index in [4.69, 9.17) is 0 Å². The maximum absolute atomic E-state index is 12.4. The quantitative estimate of drug-likeness (QED) is 0.650. The summed E-state index contributed by atoms with van der Waals surface area (Å²) in [5.74, 6) is -1.75. The maximum atomic E-state index is 12.4. The molecular formula is C14H14F3N3O2. The normalized spacial score (nSPS) is 17.9. The SMILES string of the molecule is O=C(Nc1ccc(C(F)(F)F)nc1)C(=O)NC1CC=CCC1. The number of amides is 2. The lowest BCUT2D eigenvalue weighted by atomic mass is 10.0. The van der Waals surface area contributed by atoms with Gasteiger partial charge in [0.05, 0.1) is 11.9 Å². The fourth-order valence-corrected chi connectivity index (χ4v) is 2.00. The fraction of sp³-hybridized carbons (Fsp3) is 0.357. The summed E-state index contributed by atoms with van der Waals surface area (Å²) in [5.41, 5.74) is -1.04. The maximum Gasteiger partial charge on any atom is 0.433 e. The summed E-state index contributed by atoms with van der Waals surface area (Å²) in [6.07, 6.45) is 2.46. The zero-order valence-electron chi connectivity index (χ0n) is 11.5. The van der Waals surface area contributed by atoms with Crippen LogP contribution < -0.4 is 10.6 Å². The molecule has 118 valence electrons. The number of nitrogens with zero attached hydrogens (tertiary/aromatic N) is 1. The monoisotopic (exact) mass is 313 g/mol. The van der Waals surface area contributed by atoms with Crippen molar-refractivity contribution in [2.24, 2.45) is 0 Å². The van der Waals surface area contributed by atoms with Crippen LogP contribution in [0.1, 0.15) is 25.0 Å². The Morgan fingerprint density at radius 1 is 1.18 bits per heavy atom. The Morgan fingerprint density at radius 3 is 2.50 bits per heavy atom. The van der Waals surface area contributed by atoms with Crippen LogP contribution >= 0.6 is 0 Å². The highest BCUT2D eigenvalue weighted by atomic mass is 19.4. The van der Waals surface area contributed by atoms with Crippen molar-refractivity contribution in [3.63, 3.8) is 0 Å². The van der Waals surface area contributed by atoms with Crippen molar-refractivity contribution in [2.75, 3.05) is 5.32 Å². The molecule has 0 aliphatic heterocycles. The smallest absolute Gasteiger partial charge is 0.345 e. The summed E-state index contributed by atoms with van der Waals surface area (Å²) in [6, 6.07) is 1.68. The van der Waals surface area contributed by atoms with Gasteiger partial charge in [-0.3, -0.25) is 9.59 Å². The van der Waals surface area contributed by atoms with Crippen molar-refractivity contribution >= 4 is 17.5 Å². The zero-order chi connectivity index (χ0) is 16.2. The molecule has 0 spiro atoms. The molecule has 0 aromatic carbocycles. The van der Waals surface area contributed by atoms with Crippen molar-refractivity contribution in [1.29, 1.82) is 0 Å². The molecule has 0 radical (unpaired) electrons. The van der Waals surface area contributed by atoms with Crippen molar-refractivity contribution in [2.45, 2.75) is 31.5 Å². The average molecular weight is 313 g/mol. The second-order valence-corrected chi connectivity index (χ2v) is 4.84. The number of alkyl halides is 3. The number of hydrogen-bond acceptors (Lipinski definition) is 3. The van der Waals surface area contributed by atoms with Gasteiger partial charge in [-0.2, -0.15) is 13.2 Å². The van der Waals surface area contributed by atoms with Gasteiger partial charge in [0, 0.05) is 6.04 Å². The number of aromatic nitrogens is 1. The third-order valence-corrected chi connectivity index (χ3v) is 3.12. The van der Waals surface area contributed by atoms with Gasteiger partial charge in [-0.15, -0.1) is 0 Å². The van der Waals surface area contributed by atoms with E-state index in [1.165, 1.54) is 0 Å². The Labute approximate surface area is 124 Å². The van der Waals surface area contributed by atoms with Crippen molar-refractivity contribution in [3.8, 4) is 0 Å². The van der Waals surface area contributed by atoms with Crippen LogP contribution in [0.5, 0.6) is 0 Å². The number of nitrogens with one attached hydrogen (secondary N) is 2. The molecule has 22 heavy (non-hydrogen) atoms. The number of halogens is 3. The summed E-state index contributed by atoms with van der Waals surface area (Å²) in [7, 11) is 0. The van der Waals surface area contributed by atoms with Crippen LogP contribution in [0.4, 0.5) is 18.9 Å². The molecule has 1 aromatic heterocycles. The third kappa shape index (κ3) is 4.31. The van der Waals surface area contributed by atoms with Gasteiger partial charge < -0.3 is 10.6 Å². The van der Waals surface area contributed by atoms with Gasteiger partial charge in [-0.1, -0.05) is 12.2 Å². The number of rotatable bonds is 2. The molecule has 1 aromatic rings. The number of carbonyl (C=O) groups is 2. The largest absolute Gasteiger partial charge is 0.433 e. The van der Waals surface area contributed by atoms with Gasteiger partial charge >= 0.3 is 18.0 Å². The summed E-state index contributed by atoms with van der Waals surface area (Å²) in [4.78, 5) is 26.6. The number of pyridine rings is 1. The lowest BCUT2D eigenvalue weighted by Gasteiger charge is -2.18. The van der Waals surface area contributed by atoms with E-state index in [1.54, 1.807) is 0 Å². The topological polar surface area (TPSA) is 71.1 Å². The Kier molecular flexibility index (Phi) is 4.79. The minimum atomic E-state index is -4.55. The average Bonchev–Trinajstić information content (AvgIpc) is 2.48. The lowest BCUT2D eigenvalue weighted by Crippen LogP contribution is -2.42. The first kappa shape index (κ1) is 16.0. The minimum absolute atomic E-state index is 0.0247. The fourth-order valence-electron chi connectivity index (χ4n) is 2.00. The molecule has 0 fully saturated rings. The van der Waals surface area contributed by atoms with E-state index in [9.17, 15) is 22.8 Å². The Bertz CT molecular complexity index is 582. The van der Waals surface area contributed by atoms with E-state index < -0.39 is 23.7 Å². The number of anilines is 1. The first-order valence-electron chi connectivity index (χ1n) is 6.66. The van der Waals surface area contributed by atoms with E-state index in [-0.39, 0.29) is 11.7 Å². The van der Waals surface area contributed by atoms with Crippen LogP contribution in [0.3, 0.4) is 0 Å². The molecule has 1 aliphatic carbocycles. The molecule has 0 saturated heterocycles. The van der Waals surface area contributed by atoms with Crippen LogP contribution in [-0.2, 0) is 15.8 Å². The molecule has 1 aliphatic rings. The Morgan fingerprint density at radius 2 is 1.95 bits per heavy atom. The number of carbonyl (C=O) groups excluding carboxylic acids is 2. The van der Waals surface area contributed by atoms with Gasteiger partial charge in [-0.05, 0) is 31.4 Å². The predicted octanol–water partition coefficient (Wildman–Crippen LogP) is 2.26. The van der Waals surface area contributed by atoms with Crippen LogP contribution in [0.25, 0.3) is 0 Å². The predicted molar refractivity (Wildman–Crippen MR) is 72.8 cm³/mol. The van der Waals surface area contributed by atoms with Crippen LogP contribution in [0.15, 0.2) is 30.5 Å².